The van der Waals surface area contributed by atoms with Crippen molar-refractivity contribution in [3.8, 4) is 23.0 Å². The Labute approximate surface area is 174 Å². The minimum atomic E-state index is -0.0723. The molecule has 2 aliphatic rings. The Morgan fingerprint density at radius 1 is 1.14 bits per heavy atom. The SMILES string of the molecule is COc1cc(CC2CC(CNCc3cccc(Cl)c3)=NO2)c(OC)c2c1OCO2. The van der Waals surface area contributed by atoms with Gasteiger partial charge in [-0.1, -0.05) is 28.9 Å². The minimum absolute atomic E-state index is 0.0723. The maximum atomic E-state index is 6.02. The van der Waals surface area contributed by atoms with Gasteiger partial charge in [0.25, 0.3) is 0 Å². The molecule has 0 saturated heterocycles. The highest BCUT2D eigenvalue weighted by Gasteiger charge is 2.30. The Bertz CT molecular complexity index is 918. The van der Waals surface area contributed by atoms with Crippen molar-refractivity contribution in [2.45, 2.75) is 25.5 Å². The molecule has 7 nitrogen and oxygen atoms in total. The van der Waals surface area contributed by atoms with E-state index in [0.717, 1.165) is 34.8 Å². The lowest BCUT2D eigenvalue weighted by molar-refractivity contribution is 0.0853. The van der Waals surface area contributed by atoms with E-state index in [-0.39, 0.29) is 12.9 Å². The maximum absolute atomic E-state index is 6.02. The highest BCUT2D eigenvalue weighted by atomic mass is 35.5. The van der Waals surface area contributed by atoms with E-state index in [9.17, 15) is 0 Å². The minimum Gasteiger partial charge on any atom is -0.493 e. The van der Waals surface area contributed by atoms with Crippen molar-refractivity contribution >= 4 is 17.3 Å². The van der Waals surface area contributed by atoms with Gasteiger partial charge in [-0.2, -0.15) is 0 Å². The molecular weight excluding hydrogens is 396 g/mol. The summed E-state index contributed by atoms with van der Waals surface area (Å²) in [7, 11) is 3.22. The van der Waals surface area contributed by atoms with Crippen molar-refractivity contribution < 1.29 is 23.8 Å². The molecule has 2 aromatic carbocycles. The Morgan fingerprint density at radius 2 is 2.00 bits per heavy atom. The highest BCUT2D eigenvalue weighted by molar-refractivity contribution is 6.30. The monoisotopic (exact) mass is 418 g/mol. The molecule has 0 fully saturated rings. The van der Waals surface area contributed by atoms with Crippen LogP contribution in [0, 0.1) is 0 Å². The molecule has 154 valence electrons. The zero-order chi connectivity index (χ0) is 20.2. The third-order valence-corrected chi connectivity index (χ3v) is 5.09. The molecule has 2 aromatic rings. The second-order valence-corrected chi connectivity index (χ2v) is 7.30. The van der Waals surface area contributed by atoms with Gasteiger partial charge in [0.2, 0.25) is 18.3 Å². The molecule has 4 rings (SSSR count). The van der Waals surface area contributed by atoms with Crippen LogP contribution in [0.15, 0.2) is 35.5 Å². The number of halogens is 1. The number of ether oxygens (including phenoxy) is 4. The van der Waals surface area contributed by atoms with Crippen LogP contribution in [0.1, 0.15) is 17.5 Å². The van der Waals surface area contributed by atoms with Gasteiger partial charge < -0.3 is 29.1 Å². The van der Waals surface area contributed by atoms with Crippen LogP contribution in [0.5, 0.6) is 23.0 Å². The number of nitrogens with zero attached hydrogens (tertiary/aromatic N) is 1. The fourth-order valence-electron chi connectivity index (χ4n) is 3.54. The predicted molar refractivity (Wildman–Crippen MR) is 109 cm³/mol. The molecule has 0 amide bonds. The summed E-state index contributed by atoms with van der Waals surface area (Å²) in [5, 5.41) is 8.35. The molecule has 0 aliphatic carbocycles. The van der Waals surface area contributed by atoms with Crippen LogP contribution in [0.2, 0.25) is 5.02 Å². The molecule has 2 aliphatic heterocycles. The van der Waals surface area contributed by atoms with Crippen LogP contribution in [-0.4, -0.2) is 39.4 Å². The number of nitrogens with one attached hydrogen (secondary N) is 1. The molecule has 0 aromatic heterocycles. The second kappa shape index (κ2) is 8.80. The summed E-state index contributed by atoms with van der Waals surface area (Å²) in [6.45, 7) is 1.53. The molecule has 0 radical (unpaired) electrons. The zero-order valence-electron chi connectivity index (χ0n) is 16.4. The number of benzene rings is 2. The zero-order valence-corrected chi connectivity index (χ0v) is 17.1. The van der Waals surface area contributed by atoms with Crippen LogP contribution in [-0.2, 0) is 17.8 Å². The van der Waals surface area contributed by atoms with Crippen LogP contribution in [0.3, 0.4) is 0 Å². The molecular formula is C21H23ClN2O5. The summed E-state index contributed by atoms with van der Waals surface area (Å²) >= 11 is 6.02. The summed E-state index contributed by atoms with van der Waals surface area (Å²) in [5.41, 5.74) is 3.04. The molecule has 1 atom stereocenters. The van der Waals surface area contributed by atoms with E-state index in [4.69, 9.17) is 35.4 Å². The van der Waals surface area contributed by atoms with Crippen LogP contribution in [0.4, 0.5) is 0 Å². The Kier molecular flexibility index (Phi) is 5.97. The van der Waals surface area contributed by atoms with E-state index in [1.807, 2.05) is 30.3 Å². The van der Waals surface area contributed by atoms with Crippen LogP contribution >= 0.6 is 11.6 Å². The summed E-state index contributed by atoms with van der Waals surface area (Å²) in [4.78, 5) is 5.64. The van der Waals surface area contributed by atoms with Crippen molar-refractivity contribution in [2.75, 3.05) is 27.6 Å². The van der Waals surface area contributed by atoms with Gasteiger partial charge in [-0.15, -0.1) is 0 Å². The van der Waals surface area contributed by atoms with Gasteiger partial charge in [0.15, 0.2) is 11.5 Å². The first-order valence-electron chi connectivity index (χ1n) is 9.38. The van der Waals surface area contributed by atoms with Gasteiger partial charge in [0.1, 0.15) is 6.10 Å². The average molecular weight is 419 g/mol. The highest BCUT2D eigenvalue weighted by Crippen LogP contribution is 2.49. The molecule has 0 spiro atoms. The molecule has 0 bridgehead atoms. The van der Waals surface area contributed by atoms with E-state index in [1.165, 1.54) is 0 Å². The third-order valence-electron chi connectivity index (χ3n) is 4.85. The van der Waals surface area contributed by atoms with Crippen molar-refractivity contribution in [2.24, 2.45) is 5.16 Å². The standard InChI is InChI=1S/C21H23ClN2O5/c1-25-18-8-14(19(26-2)21-20(18)27-12-28-21)7-17-9-16(24-29-17)11-23-10-13-4-3-5-15(22)6-13/h3-6,8,17,23H,7,9-12H2,1-2H3. The average Bonchev–Trinajstić information content (AvgIpc) is 3.37. The normalized spacial score (nSPS) is 17.1. The third kappa shape index (κ3) is 4.36. The van der Waals surface area contributed by atoms with Gasteiger partial charge in [-0.3, -0.25) is 0 Å². The van der Waals surface area contributed by atoms with Crippen molar-refractivity contribution in [1.29, 1.82) is 0 Å². The van der Waals surface area contributed by atoms with Crippen LogP contribution in [0.25, 0.3) is 0 Å². The lowest BCUT2D eigenvalue weighted by Gasteiger charge is -2.15. The first-order chi connectivity index (χ1) is 14.2. The Morgan fingerprint density at radius 3 is 2.79 bits per heavy atom. The summed E-state index contributed by atoms with van der Waals surface area (Å²) in [6, 6.07) is 9.70. The topological polar surface area (TPSA) is 70.5 Å². The van der Waals surface area contributed by atoms with Crippen molar-refractivity contribution in [3.63, 3.8) is 0 Å². The second-order valence-electron chi connectivity index (χ2n) is 6.86. The fraction of sp³-hybridized carbons (Fsp3) is 0.381. The number of hydrogen-bond donors (Lipinski definition) is 1. The first kappa shape index (κ1) is 19.7. The molecule has 8 heteroatoms. The molecule has 1 N–H and O–H groups in total. The van der Waals surface area contributed by atoms with Gasteiger partial charge >= 0.3 is 0 Å². The summed E-state index contributed by atoms with van der Waals surface area (Å²) in [6.07, 6.45) is 1.29. The number of oxime groups is 1. The maximum Gasteiger partial charge on any atom is 0.231 e. The van der Waals surface area contributed by atoms with E-state index in [2.05, 4.69) is 10.5 Å². The number of hydrogen-bond acceptors (Lipinski definition) is 7. The quantitative estimate of drug-likeness (QED) is 0.706. The first-order valence-corrected chi connectivity index (χ1v) is 9.76. The Balaban J connectivity index is 1.35. The summed E-state index contributed by atoms with van der Waals surface area (Å²) < 4.78 is 22.1. The van der Waals surface area contributed by atoms with Crippen molar-refractivity contribution in [1.82, 2.24) is 5.32 Å². The van der Waals surface area contributed by atoms with Crippen LogP contribution < -0.4 is 24.3 Å². The van der Waals surface area contributed by atoms with Gasteiger partial charge in [-0.05, 0) is 23.8 Å². The molecule has 0 saturated carbocycles. The predicted octanol–water partition coefficient (Wildman–Crippen LogP) is 3.56. The lowest BCUT2D eigenvalue weighted by Crippen LogP contribution is -2.23. The lowest BCUT2D eigenvalue weighted by atomic mass is 10.0. The summed E-state index contributed by atoms with van der Waals surface area (Å²) in [5.74, 6) is 2.41. The Hall–Kier alpha value is -2.64. The number of rotatable bonds is 8. The van der Waals surface area contributed by atoms with E-state index in [1.54, 1.807) is 14.2 Å². The van der Waals surface area contributed by atoms with Gasteiger partial charge in [0.05, 0.1) is 19.9 Å². The van der Waals surface area contributed by atoms with E-state index >= 15 is 0 Å². The van der Waals surface area contributed by atoms with Crippen molar-refractivity contribution in [3.05, 3.63) is 46.5 Å². The van der Waals surface area contributed by atoms with E-state index in [0.29, 0.717) is 36.0 Å². The van der Waals surface area contributed by atoms with Gasteiger partial charge in [0, 0.05) is 36.5 Å². The van der Waals surface area contributed by atoms with Gasteiger partial charge in [-0.25, -0.2) is 0 Å². The molecule has 2 heterocycles. The fourth-order valence-corrected chi connectivity index (χ4v) is 3.75. The van der Waals surface area contributed by atoms with E-state index < -0.39 is 0 Å². The number of fused-ring (bicyclic) bond motifs is 1. The largest absolute Gasteiger partial charge is 0.493 e. The number of methoxy groups -OCH3 is 2. The molecule has 1 unspecified atom stereocenters. The molecule has 29 heavy (non-hydrogen) atoms. The smallest absolute Gasteiger partial charge is 0.231 e.